The third-order valence-electron chi connectivity index (χ3n) is 5.98. The van der Waals surface area contributed by atoms with Crippen LogP contribution in [-0.4, -0.2) is 18.9 Å². The average molecular weight is 479 g/mol. The standard InChI is InChI=1S/C31H30N2O3/c1-22-11-15-25(16-12-22)31(35)33(21-26-8-4-5-10-29(26)36-3)28-17-13-24(14-18-28)20-30(34)32-27-9-6-7-23(2)19-27/h4-19H,20-21H2,1-3H3,(H,32,34). The Morgan fingerprint density at radius 3 is 2.22 bits per heavy atom. The lowest BCUT2D eigenvalue weighted by atomic mass is 10.1. The third-order valence-corrected chi connectivity index (χ3v) is 5.98. The first kappa shape index (κ1) is 24.7. The van der Waals surface area contributed by atoms with Crippen molar-refractivity contribution in [2.24, 2.45) is 0 Å². The fourth-order valence-corrected chi connectivity index (χ4v) is 4.04. The van der Waals surface area contributed by atoms with Gasteiger partial charge in [-0.05, 0) is 67.4 Å². The van der Waals surface area contributed by atoms with Gasteiger partial charge in [0.15, 0.2) is 0 Å². The number of para-hydroxylation sites is 1. The number of carbonyl (C=O) groups excluding carboxylic acids is 2. The van der Waals surface area contributed by atoms with Gasteiger partial charge >= 0.3 is 0 Å². The van der Waals surface area contributed by atoms with Crippen LogP contribution in [0.2, 0.25) is 0 Å². The van der Waals surface area contributed by atoms with Crippen molar-refractivity contribution < 1.29 is 14.3 Å². The lowest BCUT2D eigenvalue weighted by molar-refractivity contribution is -0.115. The van der Waals surface area contributed by atoms with Gasteiger partial charge < -0.3 is 15.0 Å². The van der Waals surface area contributed by atoms with Crippen LogP contribution in [-0.2, 0) is 17.8 Å². The van der Waals surface area contributed by atoms with E-state index in [-0.39, 0.29) is 18.2 Å². The van der Waals surface area contributed by atoms with E-state index in [0.717, 1.165) is 39.4 Å². The molecule has 0 spiro atoms. The molecule has 0 radical (unpaired) electrons. The zero-order chi connectivity index (χ0) is 25.5. The normalized spacial score (nSPS) is 10.5. The Kier molecular flexibility index (Phi) is 7.81. The van der Waals surface area contributed by atoms with E-state index in [2.05, 4.69) is 5.32 Å². The van der Waals surface area contributed by atoms with E-state index in [1.165, 1.54) is 0 Å². The molecule has 4 aromatic carbocycles. The van der Waals surface area contributed by atoms with Crippen LogP contribution >= 0.6 is 0 Å². The third kappa shape index (κ3) is 6.19. The van der Waals surface area contributed by atoms with E-state index in [1.807, 2.05) is 111 Å². The highest BCUT2D eigenvalue weighted by Crippen LogP contribution is 2.26. The number of aryl methyl sites for hydroxylation is 2. The molecule has 36 heavy (non-hydrogen) atoms. The smallest absolute Gasteiger partial charge is 0.258 e. The number of hydrogen-bond donors (Lipinski definition) is 1. The molecule has 4 aromatic rings. The number of methoxy groups -OCH3 is 1. The molecule has 0 aliphatic carbocycles. The van der Waals surface area contributed by atoms with E-state index in [0.29, 0.717) is 12.1 Å². The summed E-state index contributed by atoms with van der Waals surface area (Å²) in [6.45, 7) is 4.33. The van der Waals surface area contributed by atoms with Gasteiger partial charge in [-0.15, -0.1) is 0 Å². The first-order chi connectivity index (χ1) is 17.4. The predicted molar refractivity (Wildman–Crippen MR) is 145 cm³/mol. The average Bonchev–Trinajstić information content (AvgIpc) is 2.88. The van der Waals surface area contributed by atoms with E-state index in [1.54, 1.807) is 12.0 Å². The van der Waals surface area contributed by atoms with Gasteiger partial charge in [0.1, 0.15) is 5.75 Å². The second-order valence-electron chi connectivity index (χ2n) is 8.83. The van der Waals surface area contributed by atoms with Gasteiger partial charge in [-0.2, -0.15) is 0 Å². The van der Waals surface area contributed by atoms with Crippen molar-refractivity contribution in [1.82, 2.24) is 0 Å². The van der Waals surface area contributed by atoms with Crippen molar-refractivity contribution in [2.75, 3.05) is 17.3 Å². The van der Waals surface area contributed by atoms with E-state index in [9.17, 15) is 9.59 Å². The summed E-state index contributed by atoms with van der Waals surface area (Å²) in [6.07, 6.45) is 0.243. The van der Waals surface area contributed by atoms with Gasteiger partial charge in [-0.25, -0.2) is 0 Å². The number of amides is 2. The summed E-state index contributed by atoms with van der Waals surface area (Å²) in [5.74, 6) is 0.532. The molecule has 0 aliphatic rings. The molecule has 5 heteroatoms. The number of rotatable bonds is 8. The molecule has 5 nitrogen and oxygen atoms in total. The Labute approximate surface area is 212 Å². The van der Waals surface area contributed by atoms with E-state index >= 15 is 0 Å². The topological polar surface area (TPSA) is 58.6 Å². The monoisotopic (exact) mass is 478 g/mol. The minimum atomic E-state index is -0.106. The molecule has 0 saturated heterocycles. The Morgan fingerprint density at radius 1 is 0.806 bits per heavy atom. The number of anilines is 2. The maximum absolute atomic E-state index is 13.6. The van der Waals surface area contributed by atoms with Crippen molar-refractivity contribution >= 4 is 23.2 Å². The number of nitrogens with zero attached hydrogens (tertiary/aromatic N) is 1. The van der Waals surface area contributed by atoms with Gasteiger partial charge in [0, 0.05) is 22.5 Å². The van der Waals surface area contributed by atoms with Crippen LogP contribution in [0.3, 0.4) is 0 Å². The Bertz CT molecular complexity index is 1350. The fraction of sp³-hybridized carbons (Fsp3) is 0.161. The molecular weight excluding hydrogens is 448 g/mol. The van der Waals surface area contributed by atoms with Crippen LogP contribution in [0.15, 0.2) is 97.1 Å². The summed E-state index contributed by atoms with van der Waals surface area (Å²) in [6, 6.07) is 30.5. The highest BCUT2D eigenvalue weighted by molar-refractivity contribution is 6.06. The van der Waals surface area contributed by atoms with Gasteiger partial charge in [0.25, 0.3) is 5.91 Å². The van der Waals surface area contributed by atoms with Gasteiger partial charge in [0.2, 0.25) is 5.91 Å². The summed E-state index contributed by atoms with van der Waals surface area (Å²) < 4.78 is 5.52. The molecule has 0 heterocycles. The van der Waals surface area contributed by atoms with Crippen LogP contribution < -0.4 is 15.0 Å². The van der Waals surface area contributed by atoms with Crippen molar-refractivity contribution in [3.05, 3.63) is 125 Å². The summed E-state index contributed by atoms with van der Waals surface area (Å²) >= 11 is 0. The number of carbonyl (C=O) groups is 2. The Hall–Kier alpha value is -4.38. The zero-order valence-corrected chi connectivity index (χ0v) is 20.8. The highest BCUT2D eigenvalue weighted by Gasteiger charge is 2.20. The summed E-state index contributed by atoms with van der Waals surface area (Å²) in [5.41, 5.74) is 6.09. The zero-order valence-electron chi connectivity index (χ0n) is 20.8. The Balaban J connectivity index is 1.56. The van der Waals surface area contributed by atoms with Crippen molar-refractivity contribution in [3.63, 3.8) is 0 Å². The van der Waals surface area contributed by atoms with Gasteiger partial charge in [0.05, 0.1) is 20.1 Å². The van der Waals surface area contributed by atoms with Crippen LogP contribution in [0, 0.1) is 13.8 Å². The second kappa shape index (κ2) is 11.4. The minimum absolute atomic E-state index is 0.0880. The molecule has 182 valence electrons. The van der Waals surface area contributed by atoms with Crippen LogP contribution in [0.1, 0.15) is 32.6 Å². The molecule has 1 N–H and O–H groups in total. The molecule has 0 bridgehead atoms. The highest BCUT2D eigenvalue weighted by atomic mass is 16.5. The molecular formula is C31H30N2O3. The molecule has 0 aromatic heterocycles. The summed E-state index contributed by atoms with van der Waals surface area (Å²) in [7, 11) is 1.63. The van der Waals surface area contributed by atoms with Crippen molar-refractivity contribution in [2.45, 2.75) is 26.8 Å². The van der Waals surface area contributed by atoms with Crippen LogP contribution in [0.25, 0.3) is 0 Å². The second-order valence-corrected chi connectivity index (χ2v) is 8.83. The maximum atomic E-state index is 13.6. The summed E-state index contributed by atoms with van der Waals surface area (Å²) in [4.78, 5) is 27.9. The molecule has 0 fully saturated rings. The lowest BCUT2D eigenvalue weighted by Gasteiger charge is -2.24. The predicted octanol–water partition coefficient (Wildman–Crippen LogP) is 6.34. The number of ether oxygens (including phenoxy) is 1. The first-order valence-corrected chi connectivity index (χ1v) is 11.9. The number of hydrogen-bond acceptors (Lipinski definition) is 3. The SMILES string of the molecule is COc1ccccc1CN(C(=O)c1ccc(C)cc1)c1ccc(CC(=O)Nc2cccc(C)c2)cc1. The maximum Gasteiger partial charge on any atom is 0.258 e. The molecule has 0 aliphatic heterocycles. The van der Waals surface area contributed by atoms with Gasteiger partial charge in [-0.1, -0.05) is 60.2 Å². The Morgan fingerprint density at radius 2 is 1.53 bits per heavy atom. The first-order valence-electron chi connectivity index (χ1n) is 11.9. The van der Waals surface area contributed by atoms with Crippen LogP contribution in [0.5, 0.6) is 5.75 Å². The molecule has 0 atom stereocenters. The fourth-order valence-electron chi connectivity index (χ4n) is 4.04. The van der Waals surface area contributed by atoms with E-state index in [4.69, 9.17) is 4.74 Å². The van der Waals surface area contributed by atoms with Crippen molar-refractivity contribution in [3.8, 4) is 5.75 Å². The lowest BCUT2D eigenvalue weighted by Crippen LogP contribution is -2.30. The molecule has 4 rings (SSSR count). The van der Waals surface area contributed by atoms with E-state index < -0.39 is 0 Å². The number of benzene rings is 4. The quantitative estimate of drug-likeness (QED) is 0.321. The van der Waals surface area contributed by atoms with Crippen molar-refractivity contribution in [1.29, 1.82) is 0 Å². The summed E-state index contributed by atoms with van der Waals surface area (Å²) in [5, 5.41) is 2.94. The van der Waals surface area contributed by atoms with Gasteiger partial charge in [-0.3, -0.25) is 9.59 Å². The van der Waals surface area contributed by atoms with Crippen LogP contribution in [0.4, 0.5) is 11.4 Å². The minimum Gasteiger partial charge on any atom is -0.496 e. The molecule has 2 amide bonds. The largest absolute Gasteiger partial charge is 0.496 e. The molecule has 0 unspecified atom stereocenters. The number of nitrogens with one attached hydrogen (secondary N) is 1. The molecule has 0 saturated carbocycles.